The number of anilines is 1. The topological polar surface area (TPSA) is 66.5 Å². The van der Waals surface area contributed by atoms with Crippen LogP contribution in [-0.2, 0) is 0 Å². The van der Waals surface area contributed by atoms with Crippen molar-refractivity contribution in [1.82, 2.24) is 15.2 Å². The van der Waals surface area contributed by atoms with Crippen LogP contribution in [0.4, 0.5) is 10.5 Å². The van der Waals surface area contributed by atoms with Crippen molar-refractivity contribution in [1.29, 1.82) is 0 Å². The highest BCUT2D eigenvalue weighted by Gasteiger charge is 2.43. The zero-order valence-corrected chi connectivity index (χ0v) is 17.1. The molecule has 0 radical (unpaired) electrons. The number of nitrogens with zero attached hydrogens (tertiary/aromatic N) is 2. The third kappa shape index (κ3) is 3.59. The van der Waals surface area contributed by atoms with Gasteiger partial charge < -0.3 is 20.3 Å². The molecule has 1 atom stereocenters. The SMILES string of the molecule is CN1CCC2(CC1)CC(NC(=O)Nc1cccc3cnccc13)c1ccccc1O2. The fourth-order valence-corrected chi connectivity index (χ4v) is 4.63. The lowest BCUT2D eigenvalue weighted by Gasteiger charge is -2.46. The van der Waals surface area contributed by atoms with Crippen molar-refractivity contribution in [3.8, 4) is 5.75 Å². The van der Waals surface area contributed by atoms with Gasteiger partial charge in [0, 0.05) is 48.2 Å². The first kappa shape index (κ1) is 18.9. The number of hydrogen-bond acceptors (Lipinski definition) is 4. The number of likely N-dealkylation sites (tertiary alicyclic amines) is 1. The molecule has 3 heterocycles. The van der Waals surface area contributed by atoms with Crippen LogP contribution in [0.15, 0.2) is 60.9 Å². The van der Waals surface area contributed by atoms with Crippen LogP contribution in [0.3, 0.4) is 0 Å². The van der Waals surface area contributed by atoms with Crippen LogP contribution < -0.4 is 15.4 Å². The quantitative estimate of drug-likeness (QED) is 0.669. The molecule has 2 aromatic carbocycles. The van der Waals surface area contributed by atoms with Gasteiger partial charge in [-0.05, 0) is 38.1 Å². The first-order valence-corrected chi connectivity index (χ1v) is 10.5. The number of para-hydroxylation sites is 1. The van der Waals surface area contributed by atoms with E-state index in [4.69, 9.17) is 4.74 Å². The number of hydrogen-bond donors (Lipinski definition) is 2. The van der Waals surface area contributed by atoms with E-state index in [2.05, 4.69) is 27.6 Å². The van der Waals surface area contributed by atoms with E-state index in [1.165, 1.54) is 0 Å². The first-order chi connectivity index (χ1) is 14.6. The van der Waals surface area contributed by atoms with E-state index in [9.17, 15) is 4.79 Å². The highest BCUT2D eigenvalue weighted by atomic mass is 16.5. The molecular weight excluding hydrogens is 376 g/mol. The van der Waals surface area contributed by atoms with Crippen LogP contribution in [-0.4, -0.2) is 41.7 Å². The summed E-state index contributed by atoms with van der Waals surface area (Å²) in [5.41, 5.74) is 1.60. The standard InChI is InChI=1S/C24H26N4O2/c1-28-13-10-24(11-14-28)15-21(19-6-2-3-8-22(19)30-24)27-23(29)26-20-7-4-5-17-16-25-12-9-18(17)20/h2-9,12,16,21H,10-11,13-15H2,1H3,(H2,26,27,29). The van der Waals surface area contributed by atoms with Gasteiger partial charge in [-0.2, -0.15) is 0 Å². The van der Waals surface area contributed by atoms with E-state index >= 15 is 0 Å². The Morgan fingerprint density at radius 3 is 2.83 bits per heavy atom. The van der Waals surface area contributed by atoms with Crippen molar-refractivity contribution in [2.75, 3.05) is 25.5 Å². The first-order valence-electron chi connectivity index (χ1n) is 10.5. The molecular formula is C24H26N4O2. The Morgan fingerprint density at radius 1 is 1.13 bits per heavy atom. The minimum atomic E-state index is -0.218. The van der Waals surface area contributed by atoms with Gasteiger partial charge in [-0.1, -0.05) is 30.3 Å². The zero-order chi connectivity index (χ0) is 20.6. The molecule has 1 fully saturated rings. The Morgan fingerprint density at radius 2 is 1.97 bits per heavy atom. The second-order valence-electron chi connectivity index (χ2n) is 8.38. The number of nitrogens with one attached hydrogen (secondary N) is 2. The van der Waals surface area contributed by atoms with Crippen molar-refractivity contribution in [2.24, 2.45) is 0 Å². The molecule has 1 unspecified atom stereocenters. The number of benzene rings is 2. The summed E-state index contributed by atoms with van der Waals surface area (Å²) in [7, 11) is 2.15. The number of ether oxygens (including phenoxy) is 1. The Kier molecular flexibility index (Phi) is 4.79. The van der Waals surface area contributed by atoms with E-state index in [1.54, 1.807) is 12.4 Å². The molecule has 5 rings (SSSR count). The summed E-state index contributed by atoms with van der Waals surface area (Å²) in [5.74, 6) is 0.884. The van der Waals surface area contributed by atoms with Gasteiger partial charge in [0.1, 0.15) is 11.4 Å². The van der Waals surface area contributed by atoms with Crippen molar-refractivity contribution < 1.29 is 9.53 Å². The van der Waals surface area contributed by atoms with Gasteiger partial charge >= 0.3 is 6.03 Å². The summed E-state index contributed by atoms with van der Waals surface area (Å²) in [6.45, 7) is 2.01. The molecule has 0 bridgehead atoms. The van der Waals surface area contributed by atoms with Gasteiger partial charge in [0.25, 0.3) is 0 Å². The molecule has 3 aromatic rings. The molecule has 154 valence electrons. The van der Waals surface area contributed by atoms with Crippen molar-refractivity contribution in [2.45, 2.75) is 30.9 Å². The molecule has 30 heavy (non-hydrogen) atoms. The number of amides is 2. The highest BCUT2D eigenvalue weighted by molar-refractivity contribution is 6.01. The van der Waals surface area contributed by atoms with E-state index in [1.807, 2.05) is 48.5 Å². The summed E-state index contributed by atoms with van der Waals surface area (Å²) in [4.78, 5) is 19.5. The number of fused-ring (bicyclic) bond motifs is 2. The zero-order valence-electron chi connectivity index (χ0n) is 17.1. The second kappa shape index (κ2) is 7.61. The molecule has 0 saturated carbocycles. The maximum absolute atomic E-state index is 13.0. The van der Waals surface area contributed by atoms with Crippen LogP contribution in [0, 0.1) is 0 Å². The average Bonchev–Trinajstić information content (AvgIpc) is 2.76. The molecule has 2 amide bonds. The monoisotopic (exact) mass is 402 g/mol. The van der Waals surface area contributed by atoms with Gasteiger partial charge in [-0.15, -0.1) is 0 Å². The molecule has 0 aliphatic carbocycles. The third-order valence-corrected chi connectivity index (χ3v) is 6.33. The number of piperidine rings is 1. The van der Waals surface area contributed by atoms with Crippen LogP contribution in [0.1, 0.15) is 30.9 Å². The molecule has 1 spiro atoms. The largest absolute Gasteiger partial charge is 0.487 e. The average molecular weight is 402 g/mol. The lowest BCUT2D eigenvalue weighted by atomic mass is 9.80. The van der Waals surface area contributed by atoms with Crippen LogP contribution >= 0.6 is 0 Å². The Labute approximate surface area is 176 Å². The van der Waals surface area contributed by atoms with Crippen molar-refractivity contribution in [3.05, 3.63) is 66.5 Å². The fraction of sp³-hybridized carbons (Fsp3) is 0.333. The number of pyridine rings is 1. The highest BCUT2D eigenvalue weighted by Crippen LogP contribution is 2.44. The Hall–Kier alpha value is -3.12. The summed E-state index contributed by atoms with van der Waals surface area (Å²) < 4.78 is 6.49. The van der Waals surface area contributed by atoms with Gasteiger partial charge in [-0.3, -0.25) is 4.98 Å². The van der Waals surface area contributed by atoms with Gasteiger partial charge in [-0.25, -0.2) is 4.79 Å². The van der Waals surface area contributed by atoms with Gasteiger partial charge in [0.05, 0.1) is 11.7 Å². The van der Waals surface area contributed by atoms with Crippen molar-refractivity contribution >= 4 is 22.5 Å². The maximum atomic E-state index is 13.0. The third-order valence-electron chi connectivity index (χ3n) is 6.33. The van der Waals surface area contributed by atoms with Crippen molar-refractivity contribution in [3.63, 3.8) is 0 Å². The predicted molar refractivity (Wildman–Crippen MR) is 118 cm³/mol. The fourth-order valence-electron chi connectivity index (χ4n) is 4.63. The molecule has 2 aliphatic heterocycles. The predicted octanol–water partition coefficient (Wildman–Crippen LogP) is 4.34. The minimum absolute atomic E-state index is 0.0880. The van der Waals surface area contributed by atoms with Crippen LogP contribution in [0.2, 0.25) is 0 Å². The summed E-state index contributed by atoms with van der Waals surface area (Å²) >= 11 is 0. The lowest BCUT2D eigenvalue weighted by molar-refractivity contribution is -0.0188. The van der Waals surface area contributed by atoms with Crippen LogP contribution in [0.5, 0.6) is 5.75 Å². The smallest absolute Gasteiger partial charge is 0.319 e. The Balaban J connectivity index is 1.38. The Bertz CT molecular complexity index is 1070. The molecule has 1 saturated heterocycles. The molecule has 2 N–H and O–H groups in total. The van der Waals surface area contributed by atoms with Gasteiger partial charge in [0.2, 0.25) is 0 Å². The minimum Gasteiger partial charge on any atom is -0.487 e. The lowest BCUT2D eigenvalue weighted by Crippen LogP contribution is -2.51. The van der Waals surface area contributed by atoms with E-state index < -0.39 is 0 Å². The molecule has 1 aromatic heterocycles. The van der Waals surface area contributed by atoms with E-state index in [-0.39, 0.29) is 17.7 Å². The molecule has 6 heteroatoms. The number of urea groups is 1. The molecule has 6 nitrogen and oxygen atoms in total. The second-order valence-corrected chi connectivity index (χ2v) is 8.38. The maximum Gasteiger partial charge on any atom is 0.319 e. The molecule has 2 aliphatic rings. The van der Waals surface area contributed by atoms with E-state index in [0.29, 0.717) is 0 Å². The van der Waals surface area contributed by atoms with Gasteiger partial charge in [0.15, 0.2) is 0 Å². The summed E-state index contributed by atoms with van der Waals surface area (Å²) in [6.07, 6.45) is 6.26. The van der Waals surface area contributed by atoms with E-state index in [0.717, 1.165) is 60.1 Å². The number of rotatable bonds is 2. The summed E-state index contributed by atoms with van der Waals surface area (Å²) in [5, 5.41) is 8.22. The number of aromatic nitrogens is 1. The number of carbonyl (C=O) groups is 1. The number of carbonyl (C=O) groups excluding carboxylic acids is 1. The van der Waals surface area contributed by atoms with Crippen LogP contribution in [0.25, 0.3) is 10.8 Å². The normalized spacial score (nSPS) is 20.4. The summed E-state index contributed by atoms with van der Waals surface area (Å²) in [6, 6.07) is 15.5.